The third kappa shape index (κ3) is 5.88. The SMILES string of the molecule is CCCCOc1ccc([C@H]2/C(=C(\O)c3ccc4c(c3)C[C@H](C)O4)C(=O)C(=O)N2CCCN(CC)CC)cc1. The van der Waals surface area contributed by atoms with Crippen LogP contribution in [0.5, 0.6) is 11.5 Å². The van der Waals surface area contributed by atoms with Crippen molar-refractivity contribution in [3.63, 3.8) is 0 Å². The zero-order valence-electron chi connectivity index (χ0n) is 23.0. The summed E-state index contributed by atoms with van der Waals surface area (Å²) in [5, 5.41) is 11.4. The first-order chi connectivity index (χ1) is 18.4. The molecule has 2 aromatic carbocycles. The summed E-state index contributed by atoms with van der Waals surface area (Å²) in [6.45, 7) is 12.1. The molecule has 1 saturated heterocycles. The fraction of sp³-hybridized carbons (Fsp3) is 0.484. The van der Waals surface area contributed by atoms with E-state index in [2.05, 4.69) is 25.7 Å². The lowest BCUT2D eigenvalue weighted by molar-refractivity contribution is -0.140. The number of carbonyl (C=O) groups excluding carboxylic acids is 2. The van der Waals surface area contributed by atoms with Crippen LogP contribution < -0.4 is 9.47 Å². The highest BCUT2D eigenvalue weighted by Crippen LogP contribution is 2.41. The molecule has 2 aliphatic rings. The van der Waals surface area contributed by atoms with Gasteiger partial charge in [-0.25, -0.2) is 0 Å². The maximum atomic E-state index is 13.4. The van der Waals surface area contributed by atoms with Crippen molar-refractivity contribution in [3.8, 4) is 11.5 Å². The van der Waals surface area contributed by atoms with Gasteiger partial charge in [0.25, 0.3) is 11.7 Å². The molecular formula is C31H40N2O5. The largest absolute Gasteiger partial charge is 0.507 e. The predicted molar refractivity (Wildman–Crippen MR) is 148 cm³/mol. The van der Waals surface area contributed by atoms with Gasteiger partial charge in [-0.05, 0) is 80.9 Å². The highest BCUT2D eigenvalue weighted by atomic mass is 16.5. The topological polar surface area (TPSA) is 79.3 Å². The van der Waals surface area contributed by atoms with Crippen LogP contribution in [-0.4, -0.2) is 65.5 Å². The second kappa shape index (κ2) is 12.5. The smallest absolute Gasteiger partial charge is 0.295 e. The number of nitrogens with zero attached hydrogens (tertiary/aromatic N) is 2. The first-order valence-electron chi connectivity index (χ1n) is 13.9. The number of fused-ring (bicyclic) bond motifs is 1. The summed E-state index contributed by atoms with van der Waals surface area (Å²) in [7, 11) is 0. The minimum Gasteiger partial charge on any atom is -0.507 e. The van der Waals surface area contributed by atoms with Gasteiger partial charge in [0.1, 0.15) is 23.4 Å². The van der Waals surface area contributed by atoms with E-state index >= 15 is 0 Å². The van der Waals surface area contributed by atoms with Crippen molar-refractivity contribution < 1.29 is 24.2 Å². The average Bonchev–Trinajstić information content (AvgIpc) is 3.42. The number of ether oxygens (including phenoxy) is 2. The van der Waals surface area contributed by atoms with Gasteiger partial charge < -0.3 is 24.4 Å². The van der Waals surface area contributed by atoms with E-state index in [-0.39, 0.29) is 17.4 Å². The number of likely N-dealkylation sites (tertiary alicyclic amines) is 1. The molecule has 2 aromatic rings. The average molecular weight is 521 g/mol. The number of ketones is 1. The first kappa shape index (κ1) is 27.7. The van der Waals surface area contributed by atoms with Crippen LogP contribution >= 0.6 is 0 Å². The van der Waals surface area contributed by atoms with Crippen molar-refractivity contribution in [2.24, 2.45) is 0 Å². The van der Waals surface area contributed by atoms with Gasteiger partial charge in [0.15, 0.2) is 0 Å². The fourth-order valence-electron chi connectivity index (χ4n) is 5.27. The van der Waals surface area contributed by atoms with E-state index in [4.69, 9.17) is 9.47 Å². The molecule has 2 aliphatic heterocycles. The highest BCUT2D eigenvalue weighted by molar-refractivity contribution is 6.46. The summed E-state index contributed by atoms with van der Waals surface area (Å²) in [4.78, 5) is 30.6. The Kier molecular flexibility index (Phi) is 9.10. The first-order valence-corrected chi connectivity index (χ1v) is 13.9. The van der Waals surface area contributed by atoms with Crippen LogP contribution in [-0.2, 0) is 16.0 Å². The molecule has 0 saturated carbocycles. The highest BCUT2D eigenvalue weighted by Gasteiger charge is 2.46. The number of hydrogen-bond donors (Lipinski definition) is 1. The molecule has 0 aliphatic carbocycles. The van der Waals surface area contributed by atoms with Gasteiger partial charge >= 0.3 is 0 Å². The molecule has 0 spiro atoms. The lowest BCUT2D eigenvalue weighted by Gasteiger charge is -2.27. The molecule has 38 heavy (non-hydrogen) atoms. The van der Waals surface area contributed by atoms with Gasteiger partial charge in [-0.1, -0.05) is 39.3 Å². The Morgan fingerprint density at radius 1 is 1.08 bits per heavy atom. The summed E-state index contributed by atoms with van der Waals surface area (Å²) in [5.74, 6) is 0.168. The van der Waals surface area contributed by atoms with Crippen molar-refractivity contribution in [1.82, 2.24) is 9.80 Å². The summed E-state index contributed by atoms with van der Waals surface area (Å²) >= 11 is 0. The minimum absolute atomic E-state index is 0.0665. The van der Waals surface area contributed by atoms with Gasteiger partial charge in [-0.15, -0.1) is 0 Å². The Balaban J connectivity index is 1.69. The maximum absolute atomic E-state index is 13.4. The normalized spacial score (nSPS) is 20.2. The number of amides is 1. The van der Waals surface area contributed by atoms with Crippen LogP contribution in [0.3, 0.4) is 0 Å². The number of aliphatic hydroxyl groups is 1. The Morgan fingerprint density at radius 3 is 2.50 bits per heavy atom. The fourth-order valence-corrected chi connectivity index (χ4v) is 5.27. The van der Waals surface area contributed by atoms with E-state index in [9.17, 15) is 14.7 Å². The molecule has 1 fully saturated rings. The molecule has 4 rings (SSSR count). The number of Topliss-reactive ketones (excluding diaryl/α,β-unsaturated/α-hetero) is 1. The number of benzene rings is 2. The van der Waals surface area contributed by atoms with E-state index in [0.717, 1.165) is 67.9 Å². The monoisotopic (exact) mass is 520 g/mol. The number of rotatable bonds is 12. The molecule has 0 bridgehead atoms. The van der Waals surface area contributed by atoms with Crippen LogP contribution in [0.25, 0.3) is 5.76 Å². The van der Waals surface area contributed by atoms with E-state index in [1.54, 1.807) is 11.0 Å². The van der Waals surface area contributed by atoms with Gasteiger partial charge in [-0.3, -0.25) is 9.59 Å². The van der Waals surface area contributed by atoms with Gasteiger partial charge in [0.05, 0.1) is 18.2 Å². The number of hydrogen-bond acceptors (Lipinski definition) is 6. The second-order valence-corrected chi connectivity index (χ2v) is 10.1. The lowest BCUT2D eigenvalue weighted by Crippen LogP contribution is -2.33. The predicted octanol–water partition coefficient (Wildman–Crippen LogP) is 5.34. The quantitative estimate of drug-likeness (QED) is 0.176. The third-order valence-electron chi connectivity index (χ3n) is 7.44. The van der Waals surface area contributed by atoms with Crippen LogP contribution in [0, 0.1) is 0 Å². The van der Waals surface area contributed by atoms with Crippen LogP contribution in [0.2, 0.25) is 0 Å². The van der Waals surface area contributed by atoms with Crippen LogP contribution in [0.4, 0.5) is 0 Å². The van der Waals surface area contributed by atoms with E-state index < -0.39 is 17.7 Å². The summed E-state index contributed by atoms with van der Waals surface area (Å²) in [5.41, 5.74) is 2.41. The molecule has 2 heterocycles. The molecular weight excluding hydrogens is 480 g/mol. The van der Waals surface area contributed by atoms with E-state index in [1.165, 1.54) is 0 Å². The van der Waals surface area contributed by atoms with Crippen molar-refractivity contribution in [2.75, 3.05) is 32.8 Å². The number of aliphatic hydroxyl groups excluding tert-OH is 1. The Morgan fingerprint density at radius 2 is 1.82 bits per heavy atom. The maximum Gasteiger partial charge on any atom is 0.295 e. The number of unbranched alkanes of at least 4 members (excludes halogenated alkanes) is 1. The van der Waals surface area contributed by atoms with Crippen LogP contribution in [0.1, 0.15) is 69.7 Å². The third-order valence-corrected chi connectivity index (χ3v) is 7.44. The van der Waals surface area contributed by atoms with Crippen molar-refractivity contribution in [2.45, 2.75) is 65.5 Å². The Hall–Kier alpha value is -3.32. The van der Waals surface area contributed by atoms with Gasteiger partial charge in [-0.2, -0.15) is 0 Å². The summed E-state index contributed by atoms with van der Waals surface area (Å²) < 4.78 is 11.6. The zero-order valence-corrected chi connectivity index (χ0v) is 23.0. The zero-order chi connectivity index (χ0) is 27.2. The molecule has 7 nitrogen and oxygen atoms in total. The van der Waals surface area contributed by atoms with E-state index in [1.807, 2.05) is 43.3 Å². The van der Waals surface area contributed by atoms with Gasteiger partial charge in [0, 0.05) is 18.5 Å². The lowest BCUT2D eigenvalue weighted by atomic mass is 9.94. The molecule has 204 valence electrons. The summed E-state index contributed by atoms with van der Waals surface area (Å²) in [6.07, 6.45) is 3.56. The van der Waals surface area contributed by atoms with Crippen molar-refractivity contribution in [1.29, 1.82) is 0 Å². The molecule has 1 N–H and O–H groups in total. The molecule has 1 amide bonds. The number of carbonyl (C=O) groups is 2. The standard InChI is InChI=1S/C31H40N2O5/c1-5-8-18-37-25-13-10-22(11-14-25)28-27(29(34)23-12-15-26-24(20-23)19-21(4)38-26)30(35)31(36)33(28)17-9-16-32(6-2)7-3/h10-15,20-21,28,34H,5-9,16-19H2,1-4H3/b29-27+/t21-,28-/m0/s1. The molecule has 0 unspecified atom stereocenters. The Bertz CT molecular complexity index is 1170. The van der Waals surface area contributed by atoms with Crippen molar-refractivity contribution >= 4 is 17.4 Å². The molecule has 7 heteroatoms. The molecule has 0 aromatic heterocycles. The molecule has 2 atom stereocenters. The van der Waals surface area contributed by atoms with Crippen LogP contribution in [0.15, 0.2) is 48.0 Å². The second-order valence-electron chi connectivity index (χ2n) is 10.1. The minimum atomic E-state index is -0.667. The van der Waals surface area contributed by atoms with Gasteiger partial charge in [0.2, 0.25) is 0 Å². The van der Waals surface area contributed by atoms with E-state index in [0.29, 0.717) is 18.7 Å². The summed E-state index contributed by atoms with van der Waals surface area (Å²) in [6, 6.07) is 12.3. The molecule has 0 radical (unpaired) electrons. The van der Waals surface area contributed by atoms with Crippen molar-refractivity contribution in [3.05, 3.63) is 64.7 Å². The Labute approximate surface area is 226 Å².